The molecule has 1 saturated carbocycles. The summed E-state index contributed by atoms with van der Waals surface area (Å²) < 4.78 is 70.7. The van der Waals surface area contributed by atoms with Gasteiger partial charge in [0, 0.05) is 36.5 Å². The number of sulfonamides is 1. The third kappa shape index (κ3) is 4.28. The zero-order chi connectivity index (χ0) is 23.2. The molecule has 0 amide bonds. The van der Waals surface area contributed by atoms with Gasteiger partial charge in [0.25, 0.3) is 0 Å². The highest BCUT2D eigenvalue weighted by atomic mass is 32.2. The Hall–Kier alpha value is -2.04. The van der Waals surface area contributed by atoms with Crippen molar-refractivity contribution in [2.45, 2.75) is 60.4 Å². The van der Waals surface area contributed by atoms with Crippen molar-refractivity contribution in [3.8, 4) is 0 Å². The van der Waals surface area contributed by atoms with Crippen molar-refractivity contribution in [2.75, 3.05) is 13.1 Å². The molecule has 0 radical (unpaired) electrons. The van der Waals surface area contributed by atoms with Crippen LogP contribution < -0.4 is 0 Å². The van der Waals surface area contributed by atoms with Gasteiger partial charge in [-0.05, 0) is 49.9 Å². The van der Waals surface area contributed by atoms with E-state index in [4.69, 9.17) is 4.98 Å². The lowest BCUT2D eigenvalue weighted by Gasteiger charge is -2.17. The third-order valence-electron chi connectivity index (χ3n) is 6.47. The number of rotatable bonds is 6. The van der Waals surface area contributed by atoms with Gasteiger partial charge in [0.1, 0.15) is 5.82 Å². The molecule has 0 spiro atoms. The van der Waals surface area contributed by atoms with Crippen LogP contribution in [0.5, 0.6) is 0 Å². The predicted octanol–water partition coefficient (Wildman–Crippen LogP) is 5.65. The van der Waals surface area contributed by atoms with E-state index < -0.39 is 27.5 Å². The predicted molar refractivity (Wildman–Crippen MR) is 121 cm³/mol. The Kier molecular flexibility index (Phi) is 6.17. The minimum absolute atomic E-state index is 0.0567. The van der Waals surface area contributed by atoms with E-state index in [9.17, 15) is 21.6 Å². The van der Waals surface area contributed by atoms with Crippen molar-refractivity contribution in [1.29, 1.82) is 0 Å². The van der Waals surface area contributed by atoms with E-state index in [2.05, 4.69) is 4.57 Å². The summed E-state index contributed by atoms with van der Waals surface area (Å²) in [6, 6.07) is 6.68. The lowest BCUT2D eigenvalue weighted by atomic mass is 10.2. The van der Waals surface area contributed by atoms with Gasteiger partial charge in [-0.1, -0.05) is 24.6 Å². The van der Waals surface area contributed by atoms with Crippen molar-refractivity contribution in [1.82, 2.24) is 13.9 Å². The van der Waals surface area contributed by atoms with Gasteiger partial charge in [0.15, 0.2) is 16.8 Å². The Bertz CT molecular complexity index is 1300. The number of thioether (sulfide) groups is 1. The first-order chi connectivity index (χ1) is 15.8. The van der Waals surface area contributed by atoms with Crippen molar-refractivity contribution < 1.29 is 21.6 Å². The monoisotopic (exact) mass is 495 g/mol. The van der Waals surface area contributed by atoms with E-state index in [1.54, 1.807) is 18.2 Å². The van der Waals surface area contributed by atoms with Gasteiger partial charge in [-0.3, -0.25) is 0 Å². The van der Waals surface area contributed by atoms with Crippen molar-refractivity contribution in [3.63, 3.8) is 0 Å². The molecule has 0 unspecified atom stereocenters. The van der Waals surface area contributed by atoms with E-state index in [1.807, 2.05) is 0 Å². The number of imidazole rings is 1. The molecule has 10 heteroatoms. The average Bonchev–Trinajstić information content (AvgIpc) is 3.55. The molecular formula is C23H24F3N3O2S2. The van der Waals surface area contributed by atoms with E-state index in [1.165, 1.54) is 16.1 Å². The minimum Gasteiger partial charge on any atom is -0.316 e. The molecule has 33 heavy (non-hydrogen) atoms. The van der Waals surface area contributed by atoms with Gasteiger partial charge < -0.3 is 4.57 Å². The molecule has 176 valence electrons. The second-order valence-electron chi connectivity index (χ2n) is 8.61. The summed E-state index contributed by atoms with van der Waals surface area (Å²) in [6.45, 7) is 1.05. The van der Waals surface area contributed by atoms with Gasteiger partial charge >= 0.3 is 0 Å². The number of hydrogen-bond donors (Lipinski definition) is 0. The maximum atomic E-state index is 14.2. The Morgan fingerprint density at radius 2 is 1.64 bits per heavy atom. The zero-order valence-electron chi connectivity index (χ0n) is 17.9. The second kappa shape index (κ2) is 8.96. The number of hydrogen-bond acceptors (Lipinski definition) is 4. The van der Waals surface area contributed by atoms with Crippen LogP contribution in [-0.2, 0) is 15.8 Å². The molecule has 2 aromatic carbocycles. The van der Waals surface area contributed by atoms with Crippen LogP contribution in [-0.4, -0.2) is 35.4 Å². The molecule has 2 fully saturated rings. The van der Waals surface area contributed by atoms with Crippen molar-refractivity contribution in [2.24, 2.45) is 0 Å². The van der Waals surface area contributed by atoms with Gasteiger partial charge in [-0.15, -0.1) is 0 Å². The van der Waals surface area contributed by atoms with Crippen LogP contribution in [0.15, 0.2) is 40.4 Å². The van der Waals surface area contributed by atoms with Crippen LogP contribution in [0.2, 0.25) is 0 Å². The number of halogens is 3. The lowest BCUT2D eigenvalue weighted by molar-refractivity contribution is 0.477. The fourth-order valence-electron chi connectivity index (χ4n) is 4.73. The van der Waals surface area contributed by atoms with Gasteiger partial charge in [-0.25, -0.2) is 26.6 Å². The normalized spacial score (nSPS) is 18.0. The van der Waals surface area contributed by atoms with Crippen LogP contribution >= 0.6 is 11.8 Å². The zero-order valence-corrected chi connectivity index (χ0v) is 19.6. The number of benzene rings is 2. The Balaban J connectivity index is 1.51. The van der Waals surface area contributed by atoms with Gasteiger partial charge in [-0.2, -0.15) is 4.31 Å². The molecule has 5 nitrogen and oxygen atoms in total. The molecule has 3 aromatic rings. The number of nitrogens with zero attached hydrogens (tertiary/aromatic N) is 3. The first-order valence-corrected chi connectivity index (χ1v) is 13.6. The first-order valence-electron chi connectivity index (χ1n) is 11.1. The first kappa shape index (κ1) is 22.7. The SMILES string of the molecule is O=S(=O)(c1ccc2c(c1)nc(SCc1cc(F)c(F)cc1F)n2C1CCCC1)N1CCCC1. The summed E-state index contributed by atoms with van der Waals surface area (Å²) >= 11 is 1.24. The maximum Gasteiger partial charge on any atom is 0.243 e. The van der Waals surface area contributed by atoms with Gasteiger partial charge in [0.2, 0.25) is 10.0 Å². The summed E-state index contributed by atoms with van der Waals surface area (Å²) in [5.41, 5.74) is 1.45. The van der Waals surface area contributed by atoms with E-state index in [-0.39, 0.29) is 22.3 Å². The molecule has 1 saturated heterocycles. The summed E-state index contributed by atoms with van der Waals surface area (Å²) in [5, 5.41) is 0.622. The summed E-state index contributed by atoms with van der Waals surface area (Å²) in [4.78, 5) is 4.91. The molecule has 5 rings (SSSR count). The lowest BCUT2D eigenvalue weighted by Crippen LogP contribution is -2.27. The fourth-order valence-corrected chi connectivity index (χ4v) is 7.32. The molecule has 1 aromatic heterocycles. The Morgan fingerprint density at radius 3 is 2.36 bits per heavy atom. The topological polar surface area (TPSA) is 55.2 Å². The fraction of sp³-hybridized carbons (Fsp3) is 0.435. The quantitative estimate of drug-likeness (QED) is 0.328. The van der Waals surface area contributed by atoms with Crippen molar-refractivity contribution >= 4 is 32.8 Å². The summed E-state index contributed by atoms with van der Waals surface area (Å²) in [5.74, 6) is -3.03. The average molecular weight is 496 g/mol. The Labute approximate surface area is 195 Å². The van der Waals surface area contributed by atoms with Gasteiger partial charge in [0.05, 0.1) is 15.9 Å². The molecule has 2 heterocycles. The van der Waals surface area contributed by atoms with E-state index in [0.29, 0.717) is 29.8 Å². The highest BCUT2D eigenvalue weighted by molar-refractivity contribution is 7.98. The van der Waals surface area contributed by atoms with Crippen LogP contribution in [0.3, 0.4) is 0 Å². The smallest absolute Gasteiger partial charge is 0.243 e. The molecule has 0 bridgehead atoms. The molecule has 1 aliphatic carbocycles. The van der Waals surface area contributed by atoms with E-state index in [0.717, 1.165) is 50.1 Å². The molecule has 0 atom stereocenters. The highest BCUT2D eigenvalue weighted by Crippen LogP contribution is 2.38. The largest absolute Gasteiger partial charge is 0.316 e. The van der Waals surface area contributed by atoms with Crippen LogP contribution in [0.25, 0.3) is 11.0 Å². The van der Waals surface area contributed by atoms with Crippen LogP contribution in [0, 0.1) is 17.5 Å². The number of aromatic nitrogens is 2. The molecule has 1 aliphatic heterocycles. The maximum absolute atomic E-state index is 14.2. The van der Waals surface area contributed by atoms with E-state index >= 15 is 0 Å². The Morgan fingerprint density at radius 1 is 0.939 bits per heavy atom. The third-order valence-corrected chi connectivity index (χ3v) is 9.36. The summed E-state index contributed by atoms with van der Waals surface area (Å²) in [6.07, 6.45) is 5.86. The molecule has 2 aliphatic rings. The summed E-state index contributed by atoms with van der Waals surface area (Å²) in [7, 11) is -3.57. The highest BCUT2D eigenvalue weighted by Gasteiger charge is 2.29. The van der Waals surface area contributed by atoms with Crippen LogP contribution in [0.4, 0.5) is 13.2 Å². The minimum atomic E-state index is -3.57. The van der Waals surface area contributed by atoms with Crippen molar-refractivity contribution in [3.05, 3.63) is 53.3 Å². The van der Waals surface area contributed by atoms with Crippen LogP contribution in [0.1, 0.15) is 50.1 Å². The number of fused-ring (bicyclic) bond motifs is 1. The second-order valence-corrected chi connectivity index (χ2v) is 11.5. The standard InChI is InChI=1S/C23H24F3N3O2S2/c24-18-13-20(26)19(25)11-15(18)14-32-23-27-21-12-17(33(30,31)28-9-3-4-10-28)7-8-22(21)29(23)16-5-1-2-6-16/h7-8,11-13,16H,1-6,9-10,14H2. The molecular weight excluding hydrogens is 471 g/mol. The molecule has 0 N–H and O–H groups in total.